The van der Waals surface area contributed by atoms with Crippen molar-refractivity contribution in [3.05, 3.63) is 72.9 Å². The van der Waals surface area contributed by atoms with Gasteiger partial charge in [-0.1, -0.05) is 389 Å². The molecular weight excluding hydrogens is 1050 g/mol. The molecule has 5 heteroatoms. The standard InChI is InChI=1S/C81H148O5/c1-3-5-7-9-11-13-15-17-19-21-23-25-27-29-31-33-35-37-39-40-42-44-46-48-50-52-54-56-58-60-62-64-66-68-70-72-74-76-81(84)86-79(77-82)78-85-80(83)75-73-71-69-67-65-63-61-59-57-55-53-51-49-47-45-43-41-38-36-34-32-30-28-26-24-22-20-18-16-14-12-10-8-6-4-2/h5,7,11,13,16-19,22-25,79,82H,3-4,6,8-10,12,14-15,20-21,26-78H2,1-2H3/b7-5-,13-11-,18-16-,19-17-,24-22-,25-23-. The molecule has 0 aliphatic carbocycles. The minimum Gasteiger partial charge on any atom is -0.462 e. The maximum Gasteiger partial charge on any atom is 0.306 e. The van der Waals surface area contributed by atoms with Gasteiger partial charge in [0.15, 0.2) is 6.10 Å². The van der Waals surface area contributed by atoms with Gasteiger partial charge in [-0.25, -0.2) is 0 Å². The van der Waals surface area contributed by atoms with Crippen molar-refractivity contribution in [2.24, 2.45) is 0 Å². The van der Waals surface area contributed by atoms with E-state index in [1.54, 1.807) is 0 Å². The minimum absolute atomic E-state index is 0.0603. The van der Waals surface area contributed by atoms with Crippen LogP contribution in [0.5, 0.6) is 0 Å². The summed E-state index contributed by atoms with van der Waals surface area (Å²) in [6.07, 6.45) is 107. The van der Waals surface area contributed by atoms with Crippen LogP contribution in [-0.2, 0) is 19.1 Å². The van der Waals surface area contributed by atoms with Crippen molar-refractivity contribution in [1.82, 2.24) is 0 Å². The van der Waals surface area contributed by atoms with E-state index in [0.717, 1.165) is 70.6 Å². The Hall–Kier alpha value is -2.66. The number of unbranched alkanes of at least 4 members (excludes halogenated alkanes) is 52. The Labute approximate surface area is 537 Å². The Morgan fingerprint density at radius 2 is 0.500 bits per heavy atom. The number of allylic oxidation sites excluding steroid dienone is 12. The highest BCUT2D eigenvalue weighted by molar-refractivity contribution is 5.70. The average Bonchev–Trinajstić information content (AvgIpc) is 3.53. The number of hydrogen-bond acceptors (Lipinski definition) is 5. The molecule has 0 aromatic rings. The fraction of sp³-hybridized carbons (Fsp3) is 0.827. The van der Waals surface area contributed by atoms with Crippen LogP contribution in [0.2, 0.25) is 0 Å². The van der Waals surface area contributed by atoms with Crippen molar-refractivity contribution in [1.29, 1.82) is 0 Å². The first-order valence-electron chi connectivity index (χ1n) is 38.5. The summed E-state index contributed by atoms with van der Waals surface area (Å²) in [5, 5.41) is 9.72. The van der Waals surface area contributed by atoms with Gasteiger partial charge in [-0.05, 0) is 83.5 Å². The third kappa shape index (κ3) is 73.8. The summed E-state index contributed by atoms with van der Waals surface area (Å²) >= 11 is 0. The van der Waals surface area contributed by atoms with Crippen LogP contribution in [0.15, 0.2) is 72.9 Å². The van der Waals surface area contributed by atoms with Gasteiger partial charge in [0.25, 0.3) is 0 Å². The lowest BCUT2D eigenvalue weighted by molar-refractivity contribution is -0.161. The van der Waals surface area contributed by atoms with Crippen molar-refractivity contribution < 1.29 is 24.2 Å². The van der Waals surface area contributed by atoms with E-state index < -0.39 is 6.10 Å². The predicted octanol–water partition coefficient (Wildman–Crippen LogP) is 27.0. The minimum atomic E-state index is -0.772. The van der Waals surface area contributed by atoms with Crippen LogP contribution in [0.25, 0.3) is 0 Å². The number of rotatable bonds is 72. The number of hydrogen-bond donors (Lipinski definition) is 1. The van der Waals surface area contributed by atoms with Crippen LogP contribution in [0.1, 0.15) is 412 Å². The molecule has 0 aromatic carbocycles. The summed E-state index contributed by atoms with van der Waals surface area (Å²) in [7, 11) is 0. The van der Waals surface area contributed by atoms with E-state index >= 15 is 0 Å². The zero-order valence-corrected chi connectivity index (χ0v) is 57.8. The highest BCUT2D eigenvalue weighted by Crippen LogP contribution is 2.19. The number of aliphatic hydroxyl groups is 1. The summed E-state index contributed by atoms with van der Waals surface area (Å²) in [5.74, 6) is -0.566. The van der Waals surface area contributed by atoms with E-state index in [1.807, 2.05) is 0 Å². The largest absolute Gasteiger partial charge is 0.462 e. The molecule has 0 fully saturated rings. The Bertz CT molecular complexity index is 1500. The summed E-state index contributed by atoms with van der Waals surface area (Å²) in [5.41, 5.74) is 0. The molecule has 0 aliphatic rings. The molecule has 0 aliphatic heterocycles. The van der Waals surface area contributed by atoms with Gasteiger partial charge in [0.2, 0.25) is 0 Å². The lowest BCUT2D eigenvalue weighted by Crippen LogP contribution is -2.28. The van der Waals surface area contributed by atoms with Crippen molar-refractivity contribution in [2.75, 3.05) is 13.2 Å². The van der Waals surface area contributed by atoms with E-state index in [-0.39, 0.29) is 25.2 Å². The zero-order chi connectivity index (χ0) is 61.9. The summed E-state index contributed by atoms with van der Waals surface area (Å²) in [6.45, 7) is 4.08. The Morgan fingerprint density at radius 3 is 0.756 bits per heavy atom. The lowest BCUT2D eigenvalue weighted by Gasteiger charge is -2.15. The van der Waals surface area contributed by atoms with Gasteiger partial charge in [0.05, 0.1) is 6.61 Å². The smallest absolute Gasteiger partial charge is 0.306 e. The molecule has 0 radical (unpaired) electrons. The zero-order valence-electron chi connectivity index (χ0n) is 57.8. The molecule has 5 nitrogen and oxygen atoms in total. The molecule has 1 atom stereocenters. The van der Waals surface area contributed by atoms with Crippen LogP contribution in [0, 0.1) is 0 Å². The van der Waals surface area contributed by atoms with Crippen molar-refractivity contribution in [3.63, 3.8) is 0 Å². The highest BCUT2D eigenvalue weighted by Gasteiger charge is 2.16. The van der Waals surface area contributed by atoms with Crippen LogP contribution in [-0.4, -0.2) is 36.4 Å². The van der Waals surface area contributed by atoms with Gasteiger partial charge in [-0.3, -0.25) is 9.59 Å². The van der Waals surface area contributed by atoms with Gasteiger partial charge in [0, 0.05) is 12.8 Å². The van der Waals surface area contributed by atoms with Gasteiger partial charge < -0.3 is 14.6 Å². The molecule has 0 saturated heterocycles. The molecule has 0 saturated carbocycles. The van der Waals surface area contributed by atoms with Crippen molar-refractivity contribution in [3.8, 4) is 0 Å². The van der Waals surface area contributed by atoms with Crippen molar-refractivity contribution >= 4 is 11.9 Å². The molecule has 1 N–H and O–H groups in total. The monoisotopic (exact) mass is 1200 g/mol. The number of ether oxygens (including phenoxy) is 2. The Balaban J connectivity index is 3.38. The van der Waals surface area contributed by atoms with Crippen LogP contribution in [0.4, 0.5) is 0 Å². The third-order valence-corrected chi connectivity index (χ3v) is 17.5. The molecule has 502 valence electrons. The van der Waals surface area contributed by atoms with Crippen molar-refractivity contribution in [2.45, 2.75) is 418 Å². The molecule has 0 aromatic heterocycles. The predicted molar refractivity (Wildman–Crippen MR) is 380 cm³/mol. The van der Waals surface area contributed by atoms with Gasteiger partial charge >= 0.3 is 11.9 Å². The molecule has 0 amide bonds. The van der Waals surface area contributed by atoms with Gasteiger partial charge in [0.1, 0.15) is 6.61 Å². The second-order valence-corrected chi connectivity index (χ2v) is 26.1. The Morgan fingerprint density at radius 1 is 0.279 bits per heavy atom. The maximum atomic E-state index is 12.4. The van der Waals surface area contributed by atoms with Gasteiger partial charge in [-0.2, -0.15) is 0 Å². The quantitative estimate of drug-likeness (QED) is 0.0373. The van der Waals surface area contributed by atoms with E-state index in [0.29, 0.717) is 12.8 Å². The molecular formula is C81H148O5. The molecule has 1 unspecified atom stereocenters. The normalized spacial score (nSPS) is 12.5. The first-order chi connectivity index (χ1) is 42.6. The fourth-order valence-corrected chi connectivity index (χ4v) is 11.8. The number of aliphatic hydroxyl groups excluding tert-OH is 1. The molecule has 0 spiro atoms. The molecule has 0 bridgehead atoms. The average molecular weight is 1200 g/mol. The molecule has 0 rings (SSSR count). The second kappa shape index (κ2) is 76.6. The van der Waals surface area contributed by atoms with E-state index in [4.69, 9.17) is 9.47 Å². The topological polar surface area (TPSA) is 72.8 Å². The van der Waals surface area contributed by atoms with Crippen LogP contribution in [0.3, 0.4) is 0 Å². The number of esters is 2. The summed E-state index contributed by atoms with van der Waals surface area (Å²) in [6, 6.07) is 0. The fourth-order valence-electron chi connectivity index (χ4n) is 11.8. The van der Waals surface area contributed by atoms with E-state index in [2.05, 4.69) is 86.8 Å². The van der Waals surface area contributed by atoms with E-state index in [1.165, 1.54) is 315 Å². The number of carbonyl (C=O) groups excluding carboxylic acids is 2. The molecule has 86 heavy (non-hydrogen) atoms. The maximum absolute atomic E-state index is 12.4. The highest BCUT2D eigenvalue weighted by atomic mass is 16.6. The first kappa shape index (κ1) is 83.3. The SMILES string of the molecule is CC/C=C\C/C=C\C/C=C\C/C=C\CCCCCCCCCCCCCCCCCCCCCCCCCCC(=O)OC(CO)COC(=O)CCCCCCCCCCCCCCCCCCCCCCCCC/C=C\C/C=C\CCCCCCC. The summed E-state index contributed by atoms with van der Waals surface area (Å²) in [4.78, 5) is 24.7. The van der Waals surface area contributed by atoms with Crippen LogP contribution < -0.4 is 0 Å². The van der Waals surface area contributed by atoms with Crippen LogP contribution >= 0.6 is 0 Å². The number of carbonyl (C=O) groups is 2. The Kier molecular flexibility index (Phi) is 74.2. The second-order valence-electron chi connectivity index (χ2n) is 26.1. The first-order valence-corrected chi connectivity index (χ1v) is 38.5. The third-order valence-electron chi connectivity index (χ3n) is 17.5. The van der Waals surface area contributed by atoms with E-state index in [9.17, 15) is 14.7 Å². The summed E-state index contributed by atoms with van der Waals surface area (Å²) < 4.78 is 10.8. The molecule has 0 heterocycles. The van der Waals surface area contributed by atoms with Gasteiger partial charge in [-0.15, -0.1) is 0 Å². The lowest BCUT2D eigenvalue weighted by atomic mass is 10.0.